The maximum atomic E-state index is 14.0. The third-order valence-corrected chi connectivity index (χ3v) is 32.1. The first-order valence-corrected chi connectivity index (χ1v) is 43.7. The van der Waals surface area contributed by atoms with Gasteiger partial charge in [0.15, 0.2) is 16.6 Å². The number of unbranched alkanes of at least 4 members (excludes halogenated alkanes) is 3. The Kier molecular flexibility index (Phi) is 35.5. The van der Waals surface area contributed by atoms with Gasteiger partial charge in [0.05, 0.1) is 13.2 Å². The zero-order chi connectivity index (χ0) is 68.9. The molecule has 21 nitrogen and oxygen atoms in total. The van der Waals surface area contributed by atoms with Gasteiger partial charge in [-0.25, -0.2) is 19.2 Å². The predicted molar refractivity (Wildman–Crippen MR) is 341 cm³/mol. The second kappa shape index (κ2) is 38.7. The van der Waals surface area contributed by atoms with Crippen LogP contribution in [0.5, 0.6) is 0 Å². The Bertz CT molecular complexity index is 2210. The highest BCUT2D eigenvalue weighted by molar-refractivity contribution is 6.90. The van der Waals surface area contributed by atoms with Crippen LogP contribution in [0.15, 0.2) is 0 Å². The lowest BCUT2D eigenvalue weighted by Crippen LogP contribution is -2.59. The summed E-state index contributed by atoms with van der Waals surface area (Å²) in [5.41, 5.74) is -0.982. The zero-order valence-electron chi connectivity index (χ0n) is 57.0. The number of hydrogen-bond acceptors (Lipinski definition) is 17. The maximum Gasteiger partial charge on any atom is 0.407 e. The summed E-state index contributed by atoms with van der Waals surface area (Å²) in [6.07, 6.45) is -5.85. The number of halogens is 6. The number of rotatable bonds is 42. The highest BCUT2D eigenvalue weighted by atomic mass is 28.5. The lowest BCUT2D eigenvalue weighted by Gasteiger charge is -2.46. The van der Waals surface area contributed by atoms with E-state index >= 15 is 0 Å². The summed E-state index contributed by atoms with van der Waals surface area (Å²) in [6.45, 7) is 28.3. The minimum Gasteiger partial charge on any atom is -0.462 e. The number of alkyl halides is 6. The van der Waals surface area contributed by atoms with Crippen molar-refractivity contribution in [3.63, 3.8) is 0 Å². The number of amides is 4. The Morgan fingerprint density at radius 1 is 0.429 bits per heavy atom. The zero-order valence-corrected chi connectivity index (χ0v) is 61.0. The third-order valence-electron chi connectivity index (χ3n) is 15.6. The van der Waals surface area contributed by atoms with Gasteiger partial charge in [0.2, 0.25) is 0 Å². The van der Waals surface area contributed by atoms with E-state index in [1.807, 2.05) is 20.0 Å². The van der Waals surface area contributed by atoms with Crippen LogP contribution < -0.4 is 21.3 Å². The third kappa shape index (κ3) is 39.7. The smallest absolute Gasteiger partial charge is 0.407 e. The van der Waals surface area contributed by atoms with Gasteiger partial charge < -0.3 is 71.5 Å². The molecular weight excluding hydrogens is 1280 g/mol. The largest absolute Gasteiger partial charge is 0.462 e. The molecule has 0 aromatic rings. The van der Waals surface area contributed by atoms with Crippen LogP contribution in [0, 0.1) is 21.7 Å². The van der Waals surface area contributed by atoms with Gasteiger partial charge in [0, 0.05) is 70.7 Å². The number of carbonyl (C=O) groups is 6. The molecule has 2 aliphatic carbocycles. The van der Waals surface area contributed by atoms with Gasteiger partial charge in [-0.1, -0.05) is 61.8 Å². The van der Waals surface area contributed by atoms with Crippen LogP contribution in [0.25, 0.3) is 0 Å². The van der Waals surface area contributed by atoms with Crippen LogP contribution in [0.4, 0.5) is 45.5 Å². The number of nitrogens with one attached hydrogen (secondary N) is 4. The van der Waals surface area contributed by atoms with Crippen molar-refractivity contribution in [1.82, 2.24) is 21.3 Å². The summed E-state index contributed by atoms with van der Waals surface area (Å²) in [5, 5.41) is 11.5. The van der Waals surface area contributed by atoms with Crippen molar-refractivity contribution in [2.45, 2.75) is 246 Å². The lowest BCUT2D eigenvalue weighted by atomic mass is 9.62. The van der Waals surface area contributed by atoms with E-state index in [1.165, 1.54) is 0 Å². The Morgan fingerprint density at radius 2 is 0.791 bits per heavy atom. The van der Waals surface area contributed by atoms with Crippen LogP contribution in [0.3, 0.4) is 0 Å². The van der Waals surface area contributed by atoms with Gasteiger partial charge in [-0.3, -0.25) is 9.59 Å². The Balaban J connectivity index is 1.81. The van der Waals surface area contributed by atoms with E-state index in [1.54, 1.807) is 40.0 Å². The van der Waals surface area contributed by atoms with Crippen molar-refractivity contribution in [2.75, 3.05) is 79.2 Å². The summed E-state index contributed by atoms with van der Waals surface area (Å²) >= 11 is 0. The fourth-order valence-electron chi connectivity index (χ4n) is 12.8. The fraction of sp³-hybridized carbons (Fsp3) is 0.900. The predicted octanol–water partition coefficient (Wildman–Crippen LogP) is 13.9. The van der Waals surface area contributed by atoms with E-state index in [0.717, 1.165) is 38.5 Å². The summed E-state index contributed by atoms with van der Waals surface area (Å²) in [5.74, 6) is -0.760. The molecule has 4 unspecified atom stereocenters. The van der Waals surface area contributed by atoms with E-state index in [2.05, 4.69) is 55.9 Å². The molecule has 2 fully saturated rings. The SMILES string of the molecule is CCC(=O)OCCOC(=O)NC1CC(C)(C)CC(C)(CNC(=O)OCCCCCCOCCC[Si](C)(C)O[Si](CCC(F)(F)F)(CCC(F)(F)F)O[Si](C)(C)O[Si](C)(C)CCCOCCOC(=O)NCC2(C)CC(NC(=O)OCCOC(=O)CC)CC(C)(C)C2)C1. The number of esters is 2. The Morgan fingerprint density at radius 3 is 1.22 bits per heavy atom. The lowest BCUT2D eigenvalue weighted by molar-refractivity contribution is -0.145. The number of ether oxygens (including phenoxy) is 8. The quantitative estimate of drug-likeness (QED) is 0.0146. The van der Waals surface area contributed by atoms with Crippen molar-refractivity contribution in [2.24, 2.45) is 21.7 Å². The molecule has 0 heterocycles. The van der Waals surface area contributed by atoms with Gasteiger partial charge in [-0.05, 0) is 156 Å². The number of alkyl carbamates (subject to hydrolysis) is 4. The van der Waals surface area contributed by atoms with E-state index in [4.69, 9.17) is 50.2 Å². The van der Waals surface area contributed by atoms with Crippen LogP contribution in [-0.2, 0) is 59.8 Å². The minimum atomic E-state index is -4.67. The molecule has 0 radical (unpaired) electrons. The molecule has 0 aromatic heterocycles. The van der Waals surface area contributed by atoms with Crippen LogP contribution in [0.1, 0.15) is 158 Å². The molecule has 0 bridgehead atoms. The molecule has 0 saturated heterocycles. The normalized spacial score (nSPS) is 20.4. The van der Waals surface area contributed by atoms with Gasteiger partial charge in [0.1, 0.15) is 33.0 Å². The maximum absolute atomic E-state index is 14.0. The van der Waals surface area contributed by atoms with Crippen molar-refractivity contribution in [3.05, 3.63) is 0 Å². The minimum absolute atomic E-state index is 0.0201. The molecule has 2 saturated carbocycles. The molecule has 91 heavy (non-hydrogen) atoms. The van der Waals surface area contributed by atoms with Crippen molar-refractivity contribution < 1.29 is 105 Å². The number of hydrogen-bond donors (Lipinski definition) is 4. The highest BCUT2D eigenvalue weighted by Crippen LogP contribution is 2.47. The van der Waals surface area contributed by atoms with Gasteiger partial charge in [-0.15, -0.1) is 0 Å². The summed E-state index contributed by atoms with van der Waals surface area (Å²) in [4.78, 5) is 73.0. The molecule has 4 atom stereocenters. The van der Waals surface area contributed by atoms with Crippen molar-refractivity contribution in [3.8, 4) is 0 Å². The van der Waals surface area contributed by atoms with Gasteiger partial charge >= 0.3 is 65.8 Å². The molecule has 4 amide bonds. The van der Waals surface area contributed by atoms with Crippen LogP contribution in [0.2, 0.25) is 63.5 Å². The van der Waals surface area contributed by atoms with Crippen LogP contribution in [-0.4, -0.2) is 174 Å². The second-order valence-corrected chi connectivity index (χ2v) is 44.5. The van der Waals surface area contributed by atoms with Gasteiger partial charge in [0.25, 0.3) is 0 Å². The molecular formula is C60H112F6N4O17Si4. The highest BCUT2D eigenvalue weighted by Gasteiger charge is 2.52. The van der Waals surface area contributed by atoms with Crippen molar-refractivity contribution in [1.29, 1.82) is 0 Å². The van der Waals surface area contributed by atoms with E-state index in [0.29, 0.717) is 76.9 Å². The first-order valence-electron chi connectivity index (χ1n) is 32.4. The monoisotopic (exact) mass is 1390 g/mol. The van der Waals surface area contributed by atoms with E-state index < -0.39 is 95.4 Å². The molecule has 0 aromatic carbocycles. The average molecular weight is 1390 g/mol. The first-order chi connectivity index (χ1) is 42.0. The summed E-state index contributed by atoms with van der Waals surface area (Å²) in [7, 11) is -13.3. The first kappa shape index (κ1) is 83.4. The second-order valence-electron chi connectivity index (χ2n) is 28.4. The summed E-state index contributed by atoms with van der Waals surface area (Å²) < 4.78 is 146. The molecule has 2 rings (SSSR count). The average Bonchev–Trinajstić information content (AvgIpc) is 0.891. The van der Waals surface area contributed by atoms with Crippen LogP contribution >= 0.6 is 0 Å². The Labute approximate surface area is 541 Å². The molecule has 0 spiro atoms. The van der Waals surface area contributed by atoms with E-state index in [-0.39, 0.29) is 111 Å². The topological polar surface area (TPSA) is 252 Å². The number of carbonyl (C=O) groups excluding carboxylic acids is 6. The molecule has 31 heteroatoms. The molecule has 0 aliphatic heterocycles. The fourth-order valence-corrected chi connectivity index (χ4v) is 32.8. The molecule has 2 aliphatic rings. The molecule has 532 valence electrons. The summed E-state index contributed by atoms with van der Waals surface area (Å²) in [6, 6.07) is -0.878. The molecule has 4 N–H and O–H groups in total. The Hall–Kier alpha value is -3.73. The van der Waals surface area contributed by atoms with E-state index in [9.17, 15) is 55.1 Å². The standard InChI is InChI=1S/C60H112F6N4O17Si4/c1-15-49(71)79-31-33-83-53(75)69-47-39-55(3,4)43-57(7,41-47)45-67-51(73)81-28-20-18-17-19-25-77-26-21-36-89(11,12)86-91(37-23-59(61,62)63,38-24-60(64,65)66)87-90(13,14)85-88(9,10)35-22-27-78-29-30-82-52(74)68-46-58(8)42-48(40-56(5,6)44-58)70-54(76)84-34-32-80-50(72)16-2/h47-48H,15-46H2,1-14H3,(H,67,73)(H,68,74)(H,69,75)(H,70,76). The van der Waals surface area contributed by atoms with Crippen molar-refractivity contribution >= 4 is 70.1 Å². The van der Waals surface area contributed by atoms with Gasteiger partial charge in [-0.2, -0.15) is 26.3 Å².